The van der Waals surface area contributed by atoms with Gasteiger partial charge in [-0.25, -0.2) is 8.42 Å². The number of aromatic hydroxyl groups is 2. The van der Waals surface area contributed by atoms with Gasteiger partial charge in [0.1, 0.15) is 47.8 Å². The van der Waals surface area contributed by atoms with E-state index >= 15 is 0 Å². The van der Waals surface area contributed by atoms with Crippen molar-refractivity contribution in [3.05, 3.63) is 47.5 Å². The first-order valence-corrected chi connectivity index (χ1v) is 26.7. The lowest BCUT2D eigenvalue weighted by atomic mass is 9.93. The van der Waals surface area contributed by atoms with Crippen molar-refractivity contribution in [1.82, 2.24) is 41.1 Å². The van der Waals surface area contributed by atoms with Crippen molar-refractivity contribution < 1.29 is 62.1 Å². The topological polar surface area (TPSA) is 310 Å². The molecule has 0 radical (unpaired) electrons. The number of likely N-dealkylation sites (N-methyl/N-ethyl adjacent to an activating group) is 2. The Morgan fingerprint density at radius 1 is 0.722 bits per heavy atom. The number of benzene rings is 2. The summed E-state index contributed by atoms with van der Waals surface area (Å²) in [4.78, 5) is 109. The molecule has 1 aliphatic rings. The zero-order chi connectivity index (χ0) is 53.7. The summed E-state index contributed by atoms with van der Waals surface area (Å²) >= 11 is 0. The Hall–Kier alpha value is -6.29. The maximum Gasteiger partial charge on any atom is 0.255 e. The fourth-order valence-corrected chi connectivity index (χ4v) is 8.69. The van der Waals surface area contributed by atoms with Crippen LogP contribution in [0.5, 0.6) is 11.5 Å². The number of rotatable bonds is 26. The number of carbonyl (C=O) groups is 8. The molecule has 0 unspecified atom stereocenters. The second kappa shape index (κ2) is 29.3. The number of aliphatic hydroxyl groups is 1. The molecular formula is C50H76N8O13S. The van der Waals surface area contributed by atoms with E-state index in [9.17, 15) is 62.1 Å². The molecule has 4 bridgehead atoms. The Labute approximate surface area is 423 Å². The van der Waals surface area contributed by atoms with Crippen molar-refractivity contribution in [1.29, 1.82) is 0 Å². The van der Waals surface area contributed by atoms with Crippen LogP contribution in [0.3, 0.4) is 0 Å². The number of carbonyl (C=O) groups excluding carboxylic acids is 8. The molecule has 0 aromatic heterocycles. The Morgan fingerprint density at radius 2 is 1.26 bits per heavy atom. The maximum atomic E-state index is 14.2. The summed E-state index contributed by atoms with van der Waals surface area (Å²) in [5.74, 6) is -7.17. The lowest BCUT2D eigenvalue weighted by Gasteiger charge is -2.30. The third-order valence-corrected chi connectivity index (χ3v) is 13.1. The summed E-state index contributed by atoms with van der Waals surface area (Å²) in [6.07, 6.45) is 15.6. The van der Waals surface area contributed by atoms with Gasteiger partial charge in [-0.05, 0) is 62.6 Å². The zero-order valence-corrected chi connectivity index (χ0v) is 43.5. The van der Waals surface area contributed by atoms with Crippen molar-refractivity contribution in [3.8, 4) is 22.6 Å². The van der Waals surface area contributed by atoms with E-state index in [0.717, 1.165) is 41.7 Å². The molecule has 9 N–H and O–H groups in total. The molecule has 0 fully saturated rings. The van der Waals surface area contributed by atoms with Crippen LogP contribution in [0.25, 0.3) is 11.1 Å². The fraction of sp³-hybridized carbons (Fsp3) is 0.600. The maximum absolute atomic E-state index is 14.2. The van der Waals surface area contributed by atoms with Crippen LogP contribution in [0.4, 0.5) is 0 Å². The van der Waals surface area contributed by atoms with Crippen molar-refractivity contribution >= 4 is 57.3 Å². The summed E-state index contributed by atoms with van der Waals surface area (Å²) in [7, 11) is -1.32. The molecule has 0 saturated carbocycles. The predicted molar refractivity (Wildman–Crippen MR) is 269 cm³/mol. The Balaban J connectivity index is 1.68. The normalized spacial score (nSPS) is 17.1. The minimum absolute atomic E-state index is 0.0118. The van der Waals surface area contributed by atoms with E-state index in [0.29, 0.717) is 12.0 Å². The highest BCUT2D eigenvalue weighted by Gasteiger charge is 2.35. The van der Waals surface area contributed by atoms with Gasteiger partial charge in [0.25, 0.3) is 5.91 Å². The van der Waals surface area contributed by atoms with Gasteiger partial charge >= 0.3 is 0 Å². The van der Waals surface area contributed by atoms with Crippen LogP contribution in [-0.4, -0.2) is 145 Å². The Bertz CT molecular complexity index is 2330. The minimum atomic E-state index is -3.97. The van der Waals surface area contributed by atoms with Crippen molar-refractivity contribution in [2.75, 3.05) is 33.5 Å². The van der Waals surface area contributed by atoms with Crippen LogP contribution >= 0.6 is 0 Å². The molecule has 21 nitrogen and oxygen atoms in total. The number of sulfonamides is 1. The number of nitrogens with one attached hydrogen (secondary N) is 6. The van der Waals surface area contributed by atoms with Crippen molar-refractivity contribution in [2.24, 2.45) is 0 Å². The van der Waals surface area contributed by atoms with Crippen LogP contribution in [0.2, 0.25) is 0 Å². The third-order valence-electron chi connectivity index (χ3n) is 12.6. The lowest BCUT2D eigenvalue weighted by molar-refractivity contribution is -0.142. The fourth-order valence-electron chi connectivity index (χ4n) is 8.15. The first kappa shape index (κ1) is 60.0. The van der Waals surface area contributed by atoms with Crippen molar-refractivity contribution in [2.45, 2.75) is 160 Å². The predicted octanol–water partition coefficient (Wildman–Crippen LogP) is 2.31. The number of nitrogens with zero attached hydrogens (tertiary/aromatic N) is 2. The number of aliphatic hydroxyl groups excluding tert-OH is 1. The van der Waals surface area contributed by atoms with Crippen molar-refractivity contribution in [3.63, 3.8) is 0 Å². The first-order valence-electron chi connectivity index (χ1n) is 24.8. The van der Waals surface area contributed by atoms with Gasteiger partial charge < -0.3 is 51.7 Å². The van der Waals surface area contributed by atoms with Gasteiger partial charge in [-0.2, -0.15) is 0 Å². The number of fused-ring (bicyclic) bond motifs is 5. The summed E-state index contributed by atoms with van der Waals surface area (Å²) in [5, 5.41) is 44.4. The molecule has 8 amide bonds. The molecule has 0 aliphatic carbocycles. The number of unbranched alkanes of at least 4 members (excludes halogenated alkanes) is 12. The molecule has 0 saturated heterocycles. The monoisotopic (exact) mass is 1030 g/mol. The molecule has 22 heteroatoms. The van der Waals surface area contributed by atoms with Gasteiger partial charge in [0, 0.05) is 38.1 Å². The van der Waals surface area contributed by atoms with E-state index in [1.807, 2.05) is 0 Å². The van der Waals surface area contributed by atoms with Gasteiger partial charge in [0.05, 0.1) is 19.4 Å². The van der Waals surface area contributed by atoms with E-state index in [1.165, 1.54) is 123 Å². The molecule has 1 aliphatic heterocycles. The SMILES string of the molecule is CCCCCCCCCCCCCCCC(=O)N(C)[C@H](CO)C(=O)N[C@H](C)C(=O)NCC(=O)N(C)[C@@H]1C(=O)N[C@@H](C)C(=O)N[C@H](C(=O)N[C@H](C)C(=O)NS(C)(=O)=O)Cc2ccc(O)c(c2)-c2cc1ccc2O. The van der Waals surface area contributed by atoms with Crippen LogP contribution in [0, 0.1) is 0 Å². The highest BCUT2D eigenvalue weighted by molar-refractivity contribution is 7.89. The zero-order valence-electron chi connectivity index (χ0n) is 42.7. The Kier molecular flexibility index (Phi) is 24.4. The van der Waals surface area contributed by atoms with Gasteiger partial charge in [-0.1, -0.05) is 96.1 Å². The summed E-state index contributed by atoms with van der Waals surface area (Å²) in [6, 6.07) is -0.163. The standard InChI is InChI=1S/C50H76N8O13S/c1-8-9-10-11-12-13-14-15-16-17-18-19-20-21-42(62)57(5)39(30-59)49(68)53-31(2)45(64)51-29-43(63)58(6)44-35-23-25-41(61)37(28-35)36-26-34(22-24-40(36)60)27-38(55-46(65)32(3)54-50(44)69)48(67)52-33(4)47(66)56-72(7,70)71/h22-26,28,31-33,38-39,44,59-61H,8-21,27,29-30H2,1-7H3,(H,51,64)(H,52,67)(H,53,68)(H,54,69)(H,55,65)(H,56,66)/t31-,32+,33-,38+,39-,44+/m1/s1. The van der Waals surface area contributed by atoms with E-state index in [1.54, 1.807) is 4.72 Å². The quantitative estimate of drug-likeness (QED) is 0.0612. The van der Waals surface area contributed by atoms with E-state index < -0.39 is 101 Å². The first-order chi connectivity index (χ1) is 34.0. The second-order valence-corrected chi connectivity index (χ2v) is 20.4. The molecule has 2 aromatic rings. The third kappa shape index (κ3) is 19.0. The van der Waals surface area contributed by atoms with Crippen LogP contribution in [-0.2, 0) is 54.8 Å². The summed E-state index contributed by atoms with van der Waals surface area (Å²) in [6.45, 7) is 4.69. The van der Waals surface area contributed by atoms with Crippen LogP contribution < -0.4 is 31.3 Å². The lowest BCUT2D eigenvalue weighted by Crippen LogP contribution is -2.57. The van der Waals surface area contributed by atoms with Gasteiger partial charge in [-0.3, -0.25) is 43.1 Å². The van der Waals surface area contributed by atoms with Gasteiger partial charge in [0.2, 0.25) is 51.4 Å². The molecule has 72 heavy (non-hydrogen) atoms. The summed E-state index contributed by atoms with van der Waals surface area (Å²) in [5.41, 5.74) is 0.512. The molecule has 1 heterocycles. The van der Waals surface area contributed by atoms with E-state index in [-0.39, 0.29) is 46.9 Å². The van der Waals surface area contributed by atoms with E-state index in [4.69, 9.17) is 0 Å². The average molecular weight is 1030 g/mol. The Morgan fingerprint density at radius 3 is 1.83 bits per heavy atom. The number of hydrogen-bond donors (Lipinski definition) is 9. The molecule has 3 rings (SSSR count). The highest BCUT2D eigenvalue weighted by Crippen LogP contribution is 2.38. The molecular weight excluding hydrogens is 953 g/mol. The largest absolute Gasteiger partial charge is 0.507 e. The van der Waals surface area contributed by atoms with E-state index in [2.05, 4.69) is 33.5 Å². The molecule has 6 atom stereocenters. The van der Waals surface area contributed by atoms with Crippen LogP contribution in [0.15, 0.2) is 36.4 Å². The van der Waals surface area contributed by atoms with Gasteiger partial charge in [0.15, 0.2) is 0 Å². The number of amides is 8. The molecule has 2 aromatic carbocycles. The minimum Gasteiger partial charge on any atom is -0.507 e. The molecule has 400 valence electrons. The number of phenolic OH excluding ortho intramolecular Hbond substituents is 2. The summed E-state index contributed by atoms with van der Waals surface area (Å²) < 4.78 is 25.0. The van der Waals surface area contributed by atoms with Gasteiger partial charge in [-0.15, -0.1) is 0 Å². The number of hydrogen-bond acceptors (Lipinski definition) is 13. The molecule has 0 spiro atoms. The highest BCUT2D eigenvalue weighted by atomic mass is 32.2. The average Bonchev–Trinajstić information content (AvgIpc) is 3.32. The van der Waals surface area contributed by atoms with Crippen LogP contribution in [0.1, 0.15) is 135 Å². The second-order valence-electron chi connectivity index (χ2n) is 18.6. The smallest absolute Gasteiger partial charge is 0.255 e. The number of phenols is 2.